The SMILES string of the molecule is CCCCC(Cn1ccnc1)c1ccc(SC)cc1. The summed E-state index contributed by atoms with van der Waals surface area (Å²) in [4.78, 5) is 5.47. The predicted octanol–water partition coefficient (Wildman–Crippen LogP) is 4.58. The second kappa shape index (κ2) is 7.39. The minimum atomic E-state index is 0.588. The standard InChI is InChI=1S/C16H22N2S/c1-3-4-5-15(12-18-11-10-17-13-18)14-6-8-16(19-2)9-7-14/h6-11,13,15H,3-5,12H2,1-2H3. The second-order valence-electron chi connectivity index (χ2n) is 4.87. The van der Waals surface area contributed by atoms with Crippen molar-refractivity contribution in [3.05, 3.63) is 48.5 Å². The predicted molar refractivity (Wildman–Crippen MR) is 82.7 cm³/mol. The van der Waals surface area contributed by atoms with E-state index in [-0.39, 0.29) is 0 Å². The van der Waals surface area contributed by atoms with Gasteiger partial charge in [-0.15, -0.1) is 11.8 Å². The van der Waals surface area contributed by atoms with Crippen LogP contribution >= 0.6 is 11.8 Å². The van der Waals surface area contributed by atoms with Crippen molar-refractivity contribution >= 4 is 11.8 Å². The molecule has 2 rings (SSSR count). The molecule has 0 saturated heterocycles. The van der Waals surface area contributed by atoms with Crippen LogP contribution < -0.4 is 0 Å². The minimum Gasteiger partial charge on any atom is -0.337 e. The van der Waals surface area contributed by atoms with Crippen molar-refractivity contribution < 1.29 is 0 Å². The molecule has 0 saturated carbocycles. The number of thioether (sulfide) groups is 1. The molecule has 0 amide bonds. The summed E-state index contributed by atoms with van der Waals surface area (Å²) in [5, 5.41) is 0. The third kappa shape index (κ3) is 4.13. The number of hydrogen-bond donors (Lipinski definition) is 0. The molecule has 0 radical (unpaired) electrons. The fourth-order valence-electron chi connectivity index (χ4n) is 2.34. The fraction of sp³-hybridized carbons (Fsp3) is 0.438. The van der Waals surface area contributed by atoms with E-state index in [0.717, 1.165) is 6.54 Å². The first-order valence-electron chi connectivity index (χ1n) is 6.93. The Morgan fingerprint density at radius 1 is 1.26 bits per heavy atom. The molecule has 1 aromatic carbocycles. The van der Waals surface area contributed by atoms with Crippen molar-refractivity contribution in [2.75, 3.05) is 6.26 Å². The van der Waals surface area contributed by atoms with E-state index in [9.17, 15) is 0 Å². The highest BCUT2D eigenvalue weighted by atomic mass is 32.2. The van der Waals surface area contributed by atoms with Crippen LogP contribution in [0.15, 0.2) is 47.9 Å². The van der Waals surface area contributed by atoms with Gasteiger partial charge in [-0.2, -0.15) is 0 Å². The molecule has 0 aliphatic heterocycles. The van der Waals surface area contributed by atoms with E-state index < -0.39 is 0 Å². The van der Waals surface area contributed by atoms with Gasteiger partial charge in [-0.25, -0.2) is 4.98 Å². The van der Waals surface area contributed by atoms with Crippen LogP contribution in [0.5, 0.6) is 0 Å². The summed E-state index contributed by atoms with van der Waals surface area (Å²) in [5.41, 5.74) is 1.44. The normalized spacial score (nSPS) is 12.5. The van der Waals surface area contributed by atoms with Crippen LogP contribution in [-0.4, -0.2) is 15.8 Å². The zero-order valence-electron chi connectivity index (χ0n) is 11.7. The van der Waals surface area contributed by atoms with Crippen LogP contribution in [0, 0.1) is 0 Å². The van der Waals surface area contributed by atoms with E-state index in [1.807, 2.05) is 12.5 Å². The molecule has 3 heteroatoms. The first-order valence-corrected chi connectivity index (χ1v) is 8.15. The maximum absolute atomic E-state index is 4.14. The monoisotopic (exact) mass is 274 g/mol. The lowest BCUT2D eigenvalue weighted by Gasteiger charge is -2.18. The van der Waals surface area contributed by atoms with Gasteiger partial charge >= 0.3 is 0 Å². The lowest BCUT2D eigenvalue weighted by Crippen LogP contribution is -2.08. The number of rotatable bonds is 7. The first-order chi connectivity index (χ1) is 9.33. The summed E-state index contributed by atoms with van der Waals surface area (Å²) in [7, 11) is 0. The molecule has 1 atom stereocenters. The zero-order valence-corrected chi connectivity index (χ0v) is 12.6. The lowest BCUT2D eigenvalue weighted by molar-refractivity contribution is 0.504. The molecule has 1 aromatic heterocycles. The highest BCUT2D eigenvalue weighted by Gasteiger charge is 2.11. The maximum atomic E-state index is 4.14. The van der Waals surface area contributed by atoms with E-state index in [2.05, 4.69) is 53.2 Å². The van der Waals surface area contributed by atoms with Gasteiger partial charge in [0.2, 0.25) is 0 Å². The molecule has 1 heterocycles. The Bertz CT molecular complexity index is 462. The van der Waals surface area contributed by atoms with Gasteiger partial charge in [0, 0.05) is 29.8 Å². The summed E-state index contributed by atoms with van der Waals surface area (Å²) in [6, 6.07) is 9.02. The van der Waals surface area contributed by atoms with Gasteiger partial charge in [-0.3, -0.25) is 0 Å². The third-order valence-electron chi connectivity index (χ3n) is 3.48. The van der Waals surface area contributed by atoms with Gasteiger partial charge in [0.1, 0.15) is 0 Å². The van der Waals surface area contributed by atoms with Gasteiger partial charge in [0.25, 0.3) is 0 Å². The van der Waals surface area contributed by atoms with Gasteiger partial charge in [-0.1, -0.05) is 31.9 Å². The summed E-state index contributed by atoms with van der Waals surface area (Å²) in [6.07, 6.45) is 11.7. The maximum Gasteiger partial charge on any atom is 0.0946 e. The van der Waals surface area contributed by atoms with E-state index in [0.29, 0.717) is 5.92 Å². The topological polar surface area (TPSA) is 17.8 Å². The molecule has 0 fully saturated rings. The van der Waals surface area contributed by atoms with Gasteiger partial charge in [-0.05, 0) is 30.4 Å². The van der Waals surface area contributed by atoms with Crippen molar-refractivity contribution in [2.45, 2.75) is 43.5 Å². The largest absolute Gasteiger partial charge is 0.337 e. The van der Waals surface area contributed by atoms with Crippen LogP contribution in [0.1, 0.15) is 37.7 Å². The molecule has 102 valence electrons. The van der Waals surface area contributed by atoms with Crippen molar-refractivity contribution in [3.8, 4) is 0 Å². The van der Waals surface area contributed by atoms with Crippen LogP contribution in [-0.2, 0) is 6.54 Å². The summed E-state index contributed by atoms with van der Waals surface area (Å²) in [5.74, 6) is 0.588. The van der Waals surface area contributed by atoms with Crippen LogP contribution in [0.2, 0.25) is 0 Å². The molecule has 2 nitrogen and oxygen atoms in total. The van der Waals surface area contributed by atoms with Crippen molar-refractivity contribution in [2.24, 2.45) is 0 Å². The Kier molecular flexibility index (Phi) is 5.52. The fourth-order valence-corrected chi connectivity index (χ4v) is 2.75. The Balaban J connectivity index is 2.10. The number of aromatic nitrogens is 2. The van der Waals surface area contributed by atoms with Gasteiger partial charge in [0.05, 0.1) is 6.33 Å². The molecular weight excluding hydrogens is 252 g/mol. The van der Waals surface area contributed by atoms with E-state index in [1.54, 1.807) is 11.8 Å². The van der Waals surface area contributed by atoms with E-state index >= 15 is 0 Å². The van der Waals surface area contributed by atoms with Gasteiger partial charge < -0.3 is 4.57 Å². The number of nitrogens with zero attached hydrogens (tertiary/aromatic N) is 2. The molecule has 0 N–H and O–H groups in total. The summed E-state index contributed by atoms with van der Waals surface area (Å²) in [6.45, 7) is 3.28. The van der Waals surface area contributed by atoms with Crippen molar-refractivity contribution in [3.63, 3.8) is 0 Å². The highest BCUT2D eigenvalue weighted by Crippen LogP contribution is 2.26. The number of unbranched alkanes of at least 4 members (excludes halogenated alkanes) is 1. The van der Waals surface area contributed by atoms with Gasteiger partial charge in [0.15, 0.2) is 0 Å². The molecule has 1 unspecified atom stereocenters. The van der Waals surface area contributed by atoms with Crippen LogP contribution in [0.25, 0.3) is 0 Å². The average Bonchev–Trinajstić information content (AvgIpc) is 2.96. The number of hydrogen-bond acceptors (Lipinski definition) is 2. The minimum absolute atomic E-state index is 0.588. The molecular formula is C16H22N2S. The molecule has 2 aromatic rings. The summed E-state index contributed by atoms with van der Waals surface area (Å²) < 4.78 is 2.18. The zero-order chi connectivity index (χ0) is 13.5. The third-order valence-corrected chi connectivity index (χ3v) is 4.23. The van der Waals surface area contributed by atoms with Crippen molar-refractivity contribution in [1.82, 2.24) is 9.55 Å². The van der Waals surface area contributed by atoms with Crippen LogP contribution in [0.3, 0.4) is 0 Å². The molecule has 0 aliphatic rings. The van der Waals surface area contributed by atoms with Crippen LogP contribution in [0.4, 0.5) is 0 Å². The van der Waals surface area contributed by atoms with E-state index in [4.69, 9.17) is 0 Å². The first kappa shape index (κ1) is 14.2. The Morgan fingerprint density at radius 3 is 2.63 bits per heavy atom. The molecule has 19 heavy (non-hydrogen) atoms. The Morgan fingerprint density at radius 2 is 2.05 bits per heavy atom. The smallest absolute Gasteiger partial charge is 0.0946 e. The summed E-state index contributed by atoms with van der Waals surface area (Å²) >= 11 is 1.80. The Labute approximate surface area is 120 Å². The quantitative estimate of drug-likeness (QED) is 0.688. The lowest BCUT2D eigenvalue weighted by atomic mass is 9.93. The second-order valence-corrected chi connectivity index (χ2v) is 5.75. The van der Waals surface area contributed by atoms with Crippen molar-refractivity contribution in [1.29, 1.82) is 0 Å². The number of imidazole rings is 1. The molecule has 0 bridgehead atoms. The molecule has 0 spiro atoms. The highest BCUT2D eigenvalue weighted by molar-refractivity contribution is 7.98. The van der Waals surface area contributed by atoms with E-state index in [1.165, 1.54) is 29.7 Å². The Hall–Kier alpha value is -1.22. The number of benzene rings is 1. The average molecular weight is 274 g/mol. The molecule has 0 aliphatic carbocycles.